The molecule has 0 N–H and O–H groups in total. The van der Waals surface area contributed by atoms with Gasteiger partial charge in [-0.2, -0.15) is 0 Å². The highest BCUT2D eigenvalue weighted by atomic mass is 31.1. The molecule has 0 spiro atoms. The van der Waals surface area contributed by atoms with Crippen molar-refractivity contribution in [1.29, 1.82) is 0 Å². The standard InChI is InChI=1S/C24H49O2P/c1-4-7-10-13-16-19-22-24(26-27-25,21-18-15-12-9-6-3)23-20-17-14-11-8-5-2/h4-23H2,1-3H3. The van der Waals surface area contributed by atoms with E-state index in [4.69, 9.17) is 4.52 Å². The van der Waals surface area contributed by atoms with Gasteiger partial charge in [-0.3, -0.25) is 4.52 Å². The molecule has 0 aromatic rings. The predicted octanol–water partition coefficient (Wildman–Crippen LogP) is 9.81. The van der Waals surface area contributed by atoms with Gasteiger partial charge in [0.25, 0.3) is 0 Å². The highest BCUT2D eigenvalue weighted by Gasteiger charge is 2.30. The lowest BCUT2D eigenvalue weighted by Crippen LogP contribution is -2.30. The van der Waals surface area contributed by atoms with E-state index in [1.807, 2.05) is 0 Å². The fourth-order valence-electron chi connectivity index (χ4n) is 4.10. The molecule has 3 heteroatoms. The molecule has 0 aliphatic heterocycles. The van der Waals surface area contributed by atoms with Crippen molar-refractivity contribution in [2.24, 2.45) is 0 Å². The number of rotatable bonds is 22. The van der Waals surface area contributed by atoms with Gasteiger partial charge in [0.15, 0.2) is 0 Å². The molecule has 2 nitrogen and oxygen atoms in total. The van der Waals surface area contributed by atoms with Crippen LogP contribution in [-0.4, -0.2) is 5.60 Å². The van der Waals surface area contributed by atoms with Crippen LogP contribution in [-0.2, 0) is 9.09 Å². The Morgan fingerprint density at radius 3 is 1.11 bits per heavy atom. The minimum Gasteiger partial charge on any atom is -0.288 e. The zero-order valence-corrected chi connectivity index (χ0v) is 19.8. The molecule has 0 bridgehead atoms. The van der Waals surface area contributed by atoms with Crippen molar-refractivity contribution in [2.45, 2.75) is 155 Å². The van der Waals surface area contributed by atoms with Crippen LogP contribution in [0.2, 0.25) is 0 Å². The zero-order valence-electron chi connectivity index (χ0n) is 18.9. The monoisotopic (exact) mass is 400 g/mol. The number of unbranched alkanes of at least 4 members (excludes halogenated alkanes) is 14. The van der Waals surface area contributed by atoms with Gasteiger partial charge < -0.3 is 0 Å². The quantitative estimate of drug-likeness (QED) is 0.133. The first-order valence-corrected chi connectivity index (χ1v) is 13.0. The minimum atomic E-state index is -0.134. The third-order valence-corrected chi connectivity index (χ3v) is 6.40. The van der Waals surface area contributed by atoms with Crippen LogP contribution in [0.3, 0.4) is 0 Å². The first-order chi connectivity index (χ1) is 13.2. The second kappa shape index (κ2) is 20.8. The molecule has 0 unspecified atom stereocenters. The summed E-state index contributed by atoms with van der Waals surface area (Å²) in [5.74, 6) is 0. The van der Waals surface area contributed by atoms with Crippen LogP contribution < -0.4 is 0 Å². The van der Waals surface area contributed by atoms with Gasteiger partial charge in [-0.1, -0.05) is 130 Å². The summed E-state index contributed by atoms with van der Waals surface area (Å²) in [5, 5.41) is 0. The maximum atomic E-state index is 11.4. The average Bonchev–Trinajstić information content (AvgIpc) is 2.67. The Labute approximate surface area is 172 Å². The van der Waals surface area contributed by atoms with Gasteiger partial charge in [0.2, 0.25) is 0 Å². The van der Waals surface area contributed by atoms with Crippen LogP contribution in [0, 0.1) is 0 Å². The molecule has 0 aliphatic rings. The third kappa shape index (κ3) is 16.7. The Morgan fingerprint density at radius 2 is 0.815 bits per heavy atom. The van der Waals surface area contributed by atoms with Crippen molar-refractivity contribution in [1.82, 2.24) is 0 Å². The van der Waals surface area contributed by atoms with Crippen molar-refractivity contribution in [3.63, 3.8) is 0 Å². The molecule has 0 aromatic heterocycles. The first kappa shape index (κ1) is 27.1. The second-order valence-electron chi connectivity index (χ2n) is 8.55. The van der Waals surface area contributed by atoms with E-state index in [2.05, 4.69) is 20.8 Å². The smallest absolute Gasteiger partial charge is 0.288 e. The van der Waals surface area contributed by atoms with E-state index >= 15 is 0 Å². The van der Waals surface area contributed by atoms with Gasteiger partial charge in [-0.05, 0) is 19.3 Å². The maximum Gasteiger partial charge on any atom is 0.327 e. The molecule has 0 aromatic carbocycles. The molecule has 0 heterocycles. The van der Waals surface area contributed by atoms with E-state index in [1.54, 1.807) is 0 Å². The molecule has 0 saturated carbocycles. The SMILES string of the molecule is CCCCCCCCC(CCCCCCC)(CCCCCCCC)OP=O. The number of hydrogen-bond acceptors (Lipinski definition) is 2. The molecule has 27 heavy (non-hydrogen) atoms. The van der Waals surface area contributed by atoms with E-state index in [0.29, 0.717) is 0 Å². The summed E-state index contributed by atoms with van der Waals surface area (Å²) >= 11 is 0. The Kier molecular flexibility index (Phi) is 20.8. The molecule has 0 radical (unpaired) electrons. The van der Waals surface area contributed by atoms with Gasteiger partial charge in [0, 0.05) is 0 Å². The molecule has 0 aliphatic carbocycles. The topological polar surface area (TPSA) is 26.3 Å². The van der Waals surface area contributed by atoms with Crippen LogP contribution >= 0.6 is 8.69 Å². The normalized spacial score (nSPS) is 12.1. The fourth-order valence-corrected chi connectivity index (χ4v) is 4.53. The summed E-state index contributed by atoms with van der Waals surface area (Å²) in [5.41, 5.74) is -0.134. The second-order valence-corrected chi connectivity index (χ2v) is 8.88. The van der Waals surface area contributed by atoms with Crippen LogP contribution in [0.1, 0.15) is 149 Å². The molecule has 0 fully saturated rings. The summed E-state index contributed by atoms with van der Waals surface area (Å²) in [4.78, 5) is 0. The maximum absolute atomic E-state index is 11.4. The van der Waals surface area contributed by atoms with Gasteiger partial charge >= 0.3 is 8.69 Å². The van der Waals surface area contributed by atoms with E-state index in [-0.39, 0.29) is 14.3 Å². The Hall–Kier alpha value is 0.0600. The predicted molar refractivity (Wildman–Crippen MR) is 121 cm³/mol. The molecular weight excluding hydrogens is 351 g/mol. The van der Waals surface area contributed by atoms with Gasteiger partial charge in [0.1, 0.15) is 0 Å². The molecule has 0 rings (SSSR count). The Balaban J connectivity index is 4.41. The average molecular weight is 401 g/mol. The third-order valence-electron chi connectivity index (χ3n) is 5.94. The van der Waals surface area contributed by atoms with Crippen LogP contribution in [0.15, 0.2) is 0 Å². The summed E-state index contributed by atoms with van der Waals surface area (Å²) in [6, 6.07) is 0. The zero-order chi connectivity index (χ0) is 20.1. The van der Waals surface area contributed by atoms with E-state index < -0.39 is 0 Å². The van der Waals surface area contributed by atoms with E-state index in [0.717, 1.165) is 19.3 Å². The summed E-state index contributed by atoms with van der Waals surface area (Å²) in [7, 11) is -0.117. The van der Waals surface area contributed by atoms with Gasteiger partial charge in [-0.15, -0.1) is 0 Å². The Bertz CT molecular complexity index is 291. The van der Waals surface area contributed by atoms with Crippen LogP contribution in [0.25, 0.3) is 0 Å². The molecule has 0 amide bonds. The molecular formula is C24H49O2P. The first-order valence-electron chi connectivity index (χ1n) is 12.3. The number of hydrogen-bond donors (Lipinski definition) is 0. The van der Waals surface area contributed by atoms with Crippen molar-refractivity contribution in [3.8, 4) is 0 Å². The van der Waals surface area contributed by atoms with Crippen molar-refractivity contribution < 1.29 is 9.09 Å². The highest BCUT2D eigenvalue weighted by Crippen LogP contribution is 2.35. The van der Waals surface area contributed by atoms with Crippen molar-refractivity contribution >= 4 is 8.69 Å². The van der Waals surface area contributed by atoms with Crippen molar-refractivity contribution in [2.75, 3.05) is 0 Å². The van der Waals surface area contributed by atoms with Gasteiger partial charge in [0.05, 0.1) is 5.60 Å². The lowest BCUT2D eigenvalue weighted by molar-refractivity contribution is 0.0466. The molecule has 0 saturated heterocycles. The highest BCUT2D eigenvalue weighted by molar-refractivity contribution is 7.17. The fraction of sp³-hybridized carbons (Fsp3) is 1.00. The largest absolute Gasteiger partial charge is 0.327 e. The molecule has 162 valence electrons. The van der Waals surface area contributed by atoms with E-state index in [9.17, 15) is 4.57 Å². The summed E-state index contributed by atoms with van der Waals surface area (Å²) < 4.78 is 17.3. The molecule has 0 atom stereocenters. The summed E-state index contributed by atoms with van der Waals surface area (Å²) in [6.45, 7) is 6.80. The minimum absolute atomic E-state index is 0.117. The lowest BCUT2D eigenvalue weighted by atomic mass is 9.85. The Morgan fingerprint density at radius 1 is 0.519 bits per heavy atom. The lowest BCUT2D eigenvalue weighted by Gasteiger charge is -2.31. The van der Waals surface area contributed by atoms with E-state index in [1.165, 1.54) is 109 Å². The van der Waals surface area contributed by atoms with Crippen molar-refractivity contribution in [3.05, 3.63) is 0 Å². The summed E-state index contributed by atoms with van der Waals surface area (Å²) in [6.07, 6.45) is 25.5. The van der Waals surface area contributed by atoms with Crippen LogP contribution in [0.5, 0.6) is 0 Å². The van der Waals surface area contributed by atoms with Gasteiger partial charge in [-0.25, -0.2) is 4.57 Å². The van der Waals surface area contributed by atoms with Crippen LogP contribution in [0.4, 0.5) is 0 Å².